The Morgan fingerprint density at radius 2 is 1.68 bits per heavy atom. The van der Waals surface area contributed by atoms with E-state index < -0.39 is 0 Å². The van der Waals surface area contributed by atoms with Crippen LogP contribution in [0.4, 0.5) is 0 Å². The number of nitrogens with zero attached hydrogens (tertiary/aromatic N) is 2. The lowest BCUT2D eigenvalue weighted by atomic mass is 10.1. The van der Waals surface area contributed by atoms with Gasteiger partial charge in [-0.15, -0.1) is 0 Å². The second kappa shape index (κ2) is 12.9. The molecule has 0 bridgehead atoms. The fourth-order valence-electron chi connectivity index (χ4n) is 4.61. The molecule has 0 atom stereocenters. The lowest BCUT2D eigenvalue weighted by molar-refractivity contribution is 0.0952. The third-order valence-electron chi connectivity index (χ3n) is 6.44. The number of ether oxygens (including phenoxy) is 2. The van der Waals surface area contributed by atoms with E-state index in [0.29, 0.717) is 26.3 Å². The van der Waals surface area contributed by atoms with E-state index >= 15 is 0 Å². The number of para-hydroxylation sites is 4. The van der Waals surface area contributed by atoms with Crippen LogP contribution in [0, 0.1) is 13.8 Å². The summed E-state index contributed by atoms with van der Waals surface area (Å²) < 4.78 is 14.0. The van der Waals surface area contributed by atoms with E-state index in [4.69, 9.17) is 14.5 Å². The monoisotopic (exact) mass is 499 g/mol. The molecule has 0 saturated heterocycles. The molecule has 0 spiro atoms. The normalized spacial score (nSPS) is 11.0. The quantitative estimate of drug-likeness (QED) is 0.220. The number of benzene rings is 3. The van der Waals surface area contributed by atoms with Crippen molar-refractivity contribution in [2.75, 3.05) is 19.8 Å². The molecule has 4 rings (SSSR count). The number of unbranched alkanes of at least 4 members (excludes halogenated alkanes) is 2. The van der Waals surface area contributed by atoms with E-state index in [-0.39, 0.29) is 5.91 Å². The zero-order chi connectivity index (χ0) is 26.0. The van der Waals surface area contributed by atoms with Crippen LogP contribution in [0.1, 0.15) is 53.5 Å². The summed E-state index contributed by atoms with van der Waals surface area (Å²) in [6, 6.07) is 22.0. The predicted octanol–water partition coefficient (Wildman–Crippen LogP) is 6.27. The van der Waals surface area contributed by atoms with Gasteiger partial charge in [0.1, 0.15) is 12.4 Å². The van der Waals surface area contributed by atoms with Gasteiger partial charge in [0.25, 0.3) is 5.91 Å². The zero-order valence-corrected chi connectivity index (χ0v) is 22.1. The minimum absolute atomic E-state index is 0.00482. The van der Waals surface area contributed by atoms with E-state index in [2.05, 4.69) is 22.0 Å². The van der Waals surface area contributed by atoms with Crippen LogP contribution in [0.3, 0.4) is 0 Å². The summed E-state index contributed by atoms with van der Waals surface area (Å²) in [4.78, 5) is 17.4. The molecule has 0 unspecified atom stereocenters. The molecule has 6 heteroatoms. The highest BCUT2D eigenvalue weighted by Gasteiger charge is 2.12. The van der Waals surface area contributed by atoms with Gasteiger partial charge in [-0.3, -0.25) is 4.79 Å². The van der Waals surface area contributed by atoms with Crippen molar-refractivity contribution in [2.24, 2.45) is 0 Å². The second-order valence-corrected chi connectivity index (χ2v) is 9.28. The standard InChI is InChI=1S/C31H37N3O3/c1-4-36-28-14-9-10-15-29(28)37-21-20-34-27-13-8-7-12-26(27)33-30(34)16-6-5-11-19-32-31(35)25-18-17-23(2)22-24(25)3/h7-10,12-15,17-18,22H,4-6,11,16,19-21H2,1-3H3,(H,32,35). The number of hydrogen-bond donors (Lipinski definition) is 1. The van der Waals surface area contributed by atoms with Crippen molar-refractivity contribution in [3.63, 3.8) is 0 Å². The van der Waals surface area contributed by atoms with Gasteiger partial charge in [0.05, 0.1) is 24.2 Å². The first-order valence-corrected chi connectivity index (χ1v) is 13.2. The lowest BCUT2D eigenvalue weighted by Crippen LogP contribution is -2.25. The SMILES string of the molecule is CCOc1ccccc1OCCn1c(CCCCCNC(=O)c2ccc(C)cc2C)nc2ccccc21. The van der Waals surface area contributed by atoms with E-state index in [9.17, 15) is 4.79 Å². The molecule has 0 aliphatic heterocycles. The van der Waals surface area contributed by atoms with Gasteiger partial charge in [0.2, 0.25) is 0 Å². The Bertz CT molecular complexity index is 1330. The molecule has 0 fully saturated rings. The Morgan fingerprint density at radius 1 is 0.919 bits per heavy atom. The number of nitrogens with one attached hydrogen (secondary N) is 1. The fourth-order valence-corrected chi connectivity index (χ4v) is 4.61. The van der Waals surface area contributed by atoms with Gasteiger partial charge in [-0.05, 0) is 69.5 Å². The molecule has 1 N–H and O–H groups in total. The molecule has 1 amide bonds. The summed E-state index contributed by atoms with van der Waals surface area (Å²) in [6.45, 7) is 8.51. The highest BCUT2D eigenvalue weighted by atomic mass is 16.5. The summed E-state index contributed by atoms with van der Waals surface area (Å²) in [5.74, 6) is 2.61. The molecule has 4 aromatic rings. The van der Waals surface area contributed by atoms with Gasteiger partial charge in [-0.25, -0.2) is 4.98 Å². The summed E-state index contributed by atoms with van der Waals surface area (Å²) in [7, 11) is 0. The van der Waals surface area contributed by atoms with Crippen LogP contribution in [-0.4, -0.2) is 35.2 Å². The summed E-state index contributed by atoms with van der Waals surface area (Å²) in [5, 5.41) is 3.06. The minimum Gasteiger partial charge on any atom is -0.490 e. The topological polar surface area (TPSA) is 65.4 Å². The first kappa shape index (κ1) is 26.3. The number of rotatable bonds is 13. The van der Waals surface area contributed by atoms with E-state index in [1.807, 2.05) is 75.4 Å². The summed E-state index contributed by atoms with van der Waals surface area (Å²) >= 11 is 0. The minimum atomic E-state index is 0.00482. The van der Waals surface area contributed by atoms with E-state index in [1.165, 1.54) is 5.56 Å². The lowest BCUT2D eigenvalue weighted by Gasteiger charge is -2.13. The molecule has 0 aliphatic carbocycles. The van der Waals surface area contributed by atoms with E-state index in [1.54, 1.807) is 0 Å². The number of hydrogen-bond acceptors (Lipinski definition) is 4. The maximum atomic E-state index is 12.5. The number of aromatic nitrogens is 2. The van der Waals surface area contributed by atoms with Crippen LogP contribution >= 0.6 is 0 Å². The maximum absolute atomic E-state index is 12.5. The van der Waals surface area contributed by atoms with Crippen molar-refractivity contribution in [2.45, 2.75) is 53.0 Å². The second-order valence-electron chi connectivity index (χ2n) is 9.28. The first-order chi connectivity index (χ1) is 18.1. The molecule has 1 aromatic heterocycles. The van der Waals surface area contributed by atoms with Gasteiger partial charge in [0, 0.05) is 18.5 Å². The van der Waals surface area contributed by atoms with Crippen molar-refractivity contribution >= 4 is 16.9 Å². The Hall–Kier alpha value is -3.80. The zero-order valence-electron chi connectivity index (χ0n) is 22.1. The highest BCUT2D eigenvalue weighted by Crippen LogP contribution is 2.26. The summed E-state index contributed by atoms with van der Waals surface area (Å²) in [5.41, 5.74) is 5.07. The Morgan fingerprint density at radius 3 is 2.46 bits per heavy atom. The van der Waals surface area contributed by atoms with Crippen LogP contribution in [0.2, 0.25) is 0 Å². The van der Waals surface area contributed by atoms with Crippen molar-refractivity contribution < 1.29 is 14.3 Å². The number of aryl methyl sites for hydroxylation is 3. The van der Waals surface area contributed by atoms with Gasteiger partial charge >= 0.3 is 0 Å². The molecule has 37 heavy (non-hydrogen) atoms. The molecule has 194 valence electrons. The van der Waals surface area contributed by atoms with Gasteiger partial charge in [-0.1, -0.05) is 48.4 Å². The van der Waals surface area contributed by atoms with Crippen molar-refractivity contribution in [3.05, 3.63) is 89.2 Å². The Labute approximate surface area is 219 Å². The molecule has 0 radical (unpaired) electrons. The average molecular weight is 500 g/mol. The molecule has 0 aliphatic rings. The predicted molar refractivity (Wildman–Crippen MR) is 149 cm³/mol. The number of carbonyl (C=O) groups excluding carboxylic acids is 1. The van der Waals surface area contributed by atoms with Crippen LogP contribution in [0.5, 0.6) is 11.5 Å². The van der Waals surface area contributed by atoms with Crippen molar-refractivity contribution in [3.8, 4) is 11.5 Å². The van der Waals surface area contributed by atoms with Crippen LogP contribution < -0.4 is 14.8 Å². The Balaban J connectivity index is 1.29. The molecule has 1 heterocycles. The number of fused-ring (bicyclic) bond motifs is 1. The first-order valence-electron chi connectivity index (χ1n) is 13.2. The largest absolute Gasteiger partial charge is 0.490 e. The molecular formula is C31H37N3O3. The van der Waals surface area contributed by atoms with Gasteiger partial charge in [-0.2, -0.15) is 0 Å². The number of carbonyl (C=O) groups is 1. The molecule has 6 nitrogen and oxygen atoms in total. The number of amides is 1. The summed E-state index contributed by atoms with van der Waals surface area (Å²) in [6.07, 6.45) is 3.86. The van der Waals surface area contributed by atoms with Gasteiger partial charge < -0.3 is 19.4 Å². The van der Waals surface area contributed by atoms with Gasteiger partial charge in [0.15, 0.2) is 11.5 Å². The van der Waals surface area contributed by atoms with Crippen LogP contribution in [0.25, 0.3) is 11.0 Å². The third-order valence-corrected chi connectivity index (χ3v) is 6.44. The fraction of sp³-hybridized carbons (Fsp3) is 0.355. The average Bonchev–Trinajstić information content (AvgIpc) is 3.24. The smallest absolute Gasteiger partial charge is 0.251 e. The molecule has 3 aromatic carbocycles. The molecular weight excluding hydrogens is 462 g/mol. The maximum Gasteiger partial charge on any atom is 0.251 e. The van der Waals surface area contributed by atoms with Crippen molar-refractivity contribution in [1.29, 1.82) is 0 Å². The Kier molecular flexibility index (Phi) is 9.19. The third kappa shape index (κ3) is 6.91. The van der Waals surface area contributed by atoms with Crippen LogP contribution in [-0.2, 0) is 13.0 Å². The highest BCUT2D eigenvalue weighted by molar-refractivity contribution is 5.95. The van der Waals surface area contributed by atoms with Crippen molar-refractivity contribution in [1.82, 2.24) is 14.9 Å². The van der Waals surface area contributed by atoms with E-state index in [0.717, 1.165) is 65.2 Å². The number of imidazole rings is 1. The van der Waals surface area contributed by atoms with Crippen LogP contribution in [0.15, 0.2) is 66.7 Å². The molecule has 0 saturated carbocycles.